The smallest absolute Gasteiger partial charge is 0.410 e. The monoisotopic (exact) mass is 1550 g/mol. The summed E-state index contributed by atoms with van der Waals surface area (Å²) in [5.74, 6) is -2.34. The fourth-order valence-corrected chi connectivity index (χ4v) is 15.0. The maximum absolute atomic E-state index is 14.0. The van der Waals surface area contributed by atoms with Gasteiger partial charge in [0.1, 0.15) is 49.4 Å². The summed E-state index contributed by atoms with van der Waals surface area (Å²) >= 11 is 0. The molecule has 28 heteroatoms. The van der Waals surface area contributed by atoms with Crippen molar-refractivity contribution in [1.82, 2.24) is 29.8 Å². The van der Waals surface area contributed by atoms with Crippen LogP contribution in [0, 0.1) is 24.3 Å². The highest BCUT2D eigenvalue weighted by atomic mass is 35.5. The number of rotatable bonds is 23. The topological polar surface area (TPSA) is 356 Å². The second kappa shape index (κ2) is 38.5. The summed E-state index contributed by atoms with van der Waals surface area (Å²) in [5.41, 5.74) is 15.7. The lowest BCUT2D eigenvalue weighted by atomic mass is 9.79. The number of nitrogens with zero attached hydrogens (tertiary/aromatic N) is 6. The lowest BCUT2D eigenvalue weighted by Crippen LogP contribution is -2.53. The van der Waals surface area contributed by atoms with E-state index in [4.69, 9.17) is 32.3 Å². The Morgan fingerprint density at radius 2 is 0.804 bits per heavy atom. The van der Waals surface area contributed by atoms with Crippen LogP contribution in [-0.4, -0.2) is 172 Å². The molecule has 6 aliphatic heterocycles. The zero-order valence-corrected chi connectivity index (χ0v) is 65.6. The number of benzene rings is 6. The Labute approximate surface area is 660 Å². The Kier molecular flexibility index (Phi) is 29.7. The minimum atomic E-state index is -1.07. The van der Waals surface area contributed by atoms with Gasteiger partial charge in [0.2, 0.25) is 35.4 Å². The van der Waals surface area contributed by atoms with Gasteiger partial charge in [-0.15, -0.1) is 12.4 Å². The van der Waals surface area contributed by atoms with Crippen molar-refractivity contribution < 1.29 is 72.1 Å². The molecule has 0 saturated carbocycles. The van der Waals surface area contributed by atoms with Gasteiger partial charge in [0.25, 0.3) is 5.91 Å². The SMILES string of the molecule is CC(C)CC[C@@H](C(=O)N1C[C@]2(C[C@H]1C(N)=O)C(=O)Nc1ccccc12)N(C)C(=O)OCc1ccccc1.CC(C)CC[C@@H](C(=O)O)N(C)C(=O)OCc1ccccc1.Cl.NC(=O)[C@@H]1C[C@@]2(CN1)C(=O)Nc1ccccc12.[C-]#[N+][C@@H]1C[C@@]2(CN1C(=O)[C@H](CCC(C)C)N(C)C(=O)OCc1ccccc1)C(=O)Nc1ccccc12. The second-order valence-electron chi connectivity index (χ2n) is 30.4. The Morgan fingerprint density at radius 3 is 1.16 bits per heavy atom. The maximum atomic E-state index is 14.0. The Bertz CT molecular complexity index is 4400. The van der Waals surface area contributed by atoms with E-state index in [0.29, 0.717) is 56.2 Å². The van der Waals surface area contributed by atoms with Crippen LogP contribution in [0.25, 0.3) is 4.85 Å². The van der Waals surface area contributed by atoms with Gasteiger partial charge in [0, 0.05) is 57.8 Å². The van der Waals surface area contributed by atoms with Gasteiger partial charge in [-0.05, 0) is 121 Å². The number of nitrogens with two attached hydrogens (primary N) is 2. The molecule has 0 bridgehead atoms. The van der Waals surface area contributed by atoms with E-state index < -0.39 is 94.6 Å². The first-order valence-corrected chi connectivity index (χ1v) is 37.5. The molecule has 6 aromatic carbocycles. The molecule has 3 saturated heterocycles. The van der Waals surface area contributed by atoms with Crippen LogP contribution in [0.15, 0.2) is 164 Å². The molecule has 10 amide bonds. The number of amides is 10. The predicted molar refractivity (Wildman–Crippen MR) is 424 cm³/mol. The number of likely N-dealkylation sites (tertiary alicyclic amines) is 2. The summed E-state index contributed by atoms with van der Waals surface area (Å²) < 4.78 is 16.1. The molecule has 0 unspecified atom stereocenters. The van der Waals surface area contributed by atoms with E-state index in [0.717, 1.165) is 62.5 Å². The molecule has 3 fully saturated rings. The Hall–Kier alpha value is -11.4. The second-order valence-corrected chi connectivity index (χ2v) is 30.4. The minimum Gasteiger partial charge on any atom is -0.480 e. The van der Waals surface area contributed by atoms with Gasteiger partial charge < -0.3 is 57.0 Å². The van der Waals surface area contributed by atoms with Gasteiger partial charge in [-0.25, -0.2) is 25.8 Å². The van der Waals surface area contributed by atoms with Crippen LogP contribution in [0.1, 0.15) is 133 Å². The summed E-state index contributed by atoms with van der Waals surface area (Å²) in [4.78, 5) is 150. The zero-order chi connectivity index (χ0) is 80.5. The van der Waals surface area contributed by atoms with Crippen molar-refractivity contribution in [3.8, 4) is 0 Å². The first-order valence-electron chi connectivity index (χ1n) is 37.5. The third kappa shape index (κ3) is 20.0. The predicted octanol–water partition coefficient (Wildman–Crippen LogP) is 10.8. The van der Waals surface area contributed by atoms with E-state index in [1.54, 1.807) is 13.1 Å². The number of carboxylic acid groups (broad SMARTS) is 1. The molecule has 6 heterocycles. The molecule has 12 rings (SSSR count). The quantitative estimate of drug-likeness (QED) is 0.0231. The zero-order valence-electron chi connectivity index (χ0n) is 64.8. The average Bonchev–Trinajstić information content (AvgIpc) is 1.58. The number of primary amides is 2. The molecule has 9 N–H and O–H groups in total. The number of nitrogens with one attached hydrogen (secondary N) is 4. The molecular formula is C84H103ClN12O15. The molecule has 6 aliphatic rings. The van der Waals surface area contributed by atoms with Crippen molar-refractivity contribution >= 4 is 95.1 Å². The van der Waals surface area contributed by atoms with Crippen molar-refractivity contribution in [3.63, 3.8) is 0 Å². The summed E-state index contributed by atoms with van der Waals surface area (Å²) in [6.07, 6.45) is 1.49. The van der Waals surface area contributed by atoms with E-state index in [1.807, 2.05) is 185 Å². The van der Waals surface area contributed by atoms with Crippen molar-refractivity contribution in [1.29, 1.82) is 0 Å². The number of halogens is 1. The molecule has 0 radical (unpaired) electrons. The average molecular weight is 1560 g/mol. The summed E-state index contributed by atoms with van der Waals surface area (Å²) in [6, 6.07) is 46.3. The third-order valence-corrected chi connectivity index (χ3v) is 21.4. The highest BCUT2D eigenvalue weighted by Gasteiger charge is 2.61. The van der Waals surface area contributed by atoms with Gasteiger partial charge in [-0.2, -0.15) is 0 Å². The highest BCUT2D eigenvalue weighted by Crippen LogP contribution is 2.49. The van der Waals surface area contributed by atoms with Gasteiger partial charge in [0.15, 0.2) is 0 Å². The number of carboxylic acids is 1. The standard InChI is InChI=1S/C28H34N4O5.C28H32N4O4.C16H23NO4.C12H13N3O2.ClH/c1-18(2)13-14-22(31(3)27(36)37-16-19-9-5-4-6-10-19)25(34)32-17-28(15-23(32)24(29)33)20-11-7-8-12-21(20)30-26(28)35;1-19(2)14-15-23(31(4)27(35)36-17-20-10-6-5-7-11-20)25(33)32-18-28(16-24(32)29-3)21-12-8-9-13-22(21)30-26(28)34;1-12(2)9-10-14(15(18)19)17(3)16(20)21-11-13-7-5-4-6-8-13;13-10(16)9-5-12(6-14-9)7-3-1-2-4-8(7)15-11(12)17;/h4-12,18,22-23H,13-17H2,1-3H3,(H2,29,33)(H,30,35);5-13,19,23-24H,14-18H2,1-2,4H3,(H,30,34);4-8,12,14H,9-11H2,1-3H3,(H,18,19);1-4,9,14H,5-6H2,(H2,13,16)(H,15,17);1H/t22-,23-,28-;23-,24-,28-;14-;9-,12-;/m0000./s1. The number of ether oxygens (including phenoxy) is 3. The first-order chi connectivity index (χ1) is 52.9. The summed E-state index contributed by atoms with van der Waals surface area (Å²) in [5, 5.41) is 20.9. The number of hydrogen-bond donors (Lipinski definition) is 7. The molecule has 6 aromatic rings. The molecule has 0 aromatic heterocycles. The van der Waals surface area contributed by atoms with E-state index >= 15 is 0 Å². The van der Waals surface area contributed by atoms with Crippen molar-refractivity contribution in [2.24, 2.45) is 29.2 Å². The number of likely N-dealkylation sites (N-methyl/N-ethyl adjacent to an activating group) is 3. The van der Waals surface area contributed by atoms with E-state index in [9.17, 15) is 57.8 Å². The number of para-hydroxylation sites is 3. The molecular weight excluding hydrogens is 1450 g/mol. The summed E-state index contributed by atoms with van der Waals surface area (Å²) in [7, 11) is 4.55. The van der Waals surface area contributed by atoms with E-state index in [2.05, 4.69) is 40.0 Å². The number of carbonyl (C=O) groups is 11. The normalized spacial score (nSPS) is 20.6. The van der Waals surface area contributed by atoms with Crippen molar-refractivity contribution in [2.75, 3.05) is 56.7 Å². The van der Waals surface area contributed by atoms with Gasteiger partial charge in [-0.1, -0.05) is 187 Å². The summed E-state index contributed by atoms with van der Waals surface area (Å²) in [6.45, 7) is 20.9. The molecule has 3 spiro atoms. The van der Waals surface area contributed by atoms with Crippen LogP contribution in [-0.2, 0) is 88.6 Å². The van der Waals surface area contributed by atoms with Gasteiger partial charge >= 0.3 is 30.4 Å². The largest absolute Gasteiger partial charge is 0.480 e. The van der Waals surface area contributed by atoms with Crippen LogP contribution in [0.5, 0.6) is 0 Å². The lowest BCUT2D eigenvalue weighted by Gasteiger charge is -2.33. The van der Waals surface area contributed by atoms with Crippen molar-refractivity contribution in [2.45, 2.75) is 172 Å². The number of hydrogen-bond acceptors (Lipinski definition) is 15. The van der Waals surface area contributed by atoms with Gasteiger partial charge in [-0.3, -0.25) is 58.0 Å². The Morgan fingerprint density at radius 1 is 0.473 bits per heavy atom. The van der Waals surface area contributed by atoms with Gasteiger partial charge in [0.05, 0.1) is 23.3 Å². The lowest BCUT2D eigenvalue weighted by molar-refractivity contribution is -0.143. The molecule has 112 heavy (non-hydrogen) atoms. The van der Waals surface area contributed by atoms with E-state index in [1.165, 1.54) is 33.7 Å². The Balaban J connectivity index is 0.000000195. The number of carbonyl (C=O) groups excluding carboxylic acids is 10. The number of anilines is 3. The van der Waals surface area contributed by atoms with Crippen LogP contribution in [0.2, 0.25) is 0 Å². The maximum Gasteiger partial charge on any atom is 0.410 e. The number of aliphatic carboxylic acids is 1. The van der Waals surface area contributed by atoms with Crippen LogP contribution in [0.3, 0.4) is 0 Å². The molecule has 27 nitrogen and oxygen atoms in total. The molecule has 0 aliphatic carbocycles. The van der Waals surface area contributed by atoms with Crippen LogP contribution >= 0.6 is 12.4 Å². The van der Waals surface area contributed by atoms with Crippen LogP contribution in [0.4, 0.5) is 31.4 Å². The van der Waals surface area contributed by atoms with Crippen LogP contribution < -0.4 is 32.7 Å². The van der Waals surface area contributed by atoms with Crippen molar-refractivity contribution in [3.05, 3.63) is 209 Å². The third-order valence-electron chi connectivity index (χ3n) is 21.4. The first kappa shape index (κ1) is 86.2. The molecule has 9 atom stereocenters. The fraction of sp³-hybridized carbons (Fsp3) is 0.429. The highest BCUT2D eigenvalue weighted by molar-refractivity contribution is 6.10. The molecule has 596 valence electrons. The number of fused-ring (bicyclic) bond motifs is 6. The van der Waals surface area contributed by atoms with E-state index in [-0.39, 0.29) is 87.7 Å². The minimum absolute atomic E-state index is 0. The fourth-order valence-electron chi connectivity index (χ4n) is 15.0.